The Morgan fingerprint density at radius 2 is 1.88 bits per heavy atom. The van der Waals surface area contributed by atoms with Crippen LogP contribution in [0.5, 0.6) is 0 Å². The number of nitrogens with one attached hydrogen (secondary N) is 1. The maximum atomic E-state index is 12.3. The van der Waals surface area contributed by atoms with E-state index in [1.165, 1.54) is 12.8 Å². The van der Waals surface area contributed by atoms with Crippen LogP contribution < -0.4 is 5.32 Å². The van der Waals surface area contributed by atoms with Crippen LogP contribution in [0.2, 0.25) is 0 Å². The molecule has 0 unspecified atom stereocenters. The predicted octanol–water partition coefficient (Wildman–Crippen LogP) is 2.37. The van der Waals surface area contributed by atoms with E-state index in [0.29, 0.717) is 11.0 Å². The Hall–Kier alpha value is -2.43. The first-order valence-electron chi connectivity index (χ1n) is 8.56. The van der Waals surface area contributed by atoms with Gasteiger partial charge in [-0.25, -0.2) is 0 Å². The number of aromatic nitrogens is 1. The Morgan fingerprint density at radius 1 is 1.12 bits per heavy atom. The monoisotopic (exact) mass is 323 g/mol. The van der Waals surface area contributed by atoms with Crippen LogP contribution in [0, 0.1) is 5.41 Å². The summed E-state index contributed by atoms with van der Waals surface area (Å²) in [6.07, 6.45) is 6.42. The van der Waals surface area contributed by atoms with E-state index in [1.807, 2.05) is 29.2 Å². The van der Waals surface area contributed by atoms with Gasteiger partial charge in [0.15, 0.2) is 0 Å². The first-order chi connectivity index (χ1) is 11.7. The first kappa shape index (κ1) is 15.1. The molecular weight excluding hydrogens is 302 g/mol. The Kier molecular flexibility index (Phi) is 3.71. The van der Waals surface area contributed by atoms with Gasteiger partial charge in [-0.2, -0.15) is 0 Å². The van der Waals surface area contributed by atoms with Crippen LogP contribution in [0.3, 0.4) is 0 Å². The molecule has 124 valence electrons. The van der Waals surface area contributed by atoms with E-state index in [-0.39, 0.29) is 18.4 Å². The van der Waals surface area contributed by atoms with Gasteiger partial charge < -0.3 is 10.2 Å². The summed E-state index contributed by atoms with van der Waals surface area (Å²) in [5, 5.41) is 3.65. The molecule has 2 aliphatic rings. The van der Waals surface area contributed by atoms with E-state index >= 15 is 0 Å². The molecule has 1 saturated heterocycles. The zero-order valence-electron chi connectivity index (χ0n) is 13.6. The van der Waals surface area contributed by atoms with Gasteiger partial charge in [0.2, 0.25) is 5.91 Å². The van der Waals surface area contributed by atoms with Gasteiger partial charge in [-0.1, -0.05) is 18.2 Å². The van der Waals surface area contributed by atoms with Crippen molar-refractivity contribution >= 4 is 22.7 Å². The highest BCUT2D eigenvalue weighted by Gasteiger charge is 2.44. The van der Waals surface area contributed by atoms with Crippen LogP contribution in [0.15, 0.2) is 36.5 Å². The minimum absolute atomic E-state index is 0.00704. The second kappa shape index (κ2) is 5.89. The van der Waals surface area contributed by atoms with Crippen molar-refractivity contribution in [3.05, 3.63) is 42.1 Å². The molecule has 2 heterocycles. The van der Waals surface area contributed by atoms with Crippen LogP contribution >= 0.6 is 0 Å². The van der Waals surface area contributed by atoms with Gasteiger partial charge in [0, 0.05) is 24.7 Å². The first-order valence-corrected chi connectivity index (χ1v) is 8.56. The number of amides is 2. The number of hydrogen-bond donors (Lipinski definition) is 1. The average molecular weight is 323 g/mol. The molecule has 2 amide bonds. The van der Waals surface area contributed by atoms with Crippen molar-refractivity contribution in [1.29, 1.82) is 0 Å². The van der Waals surface area contributed by atoms with Crippen LogP contribution in [-0.2, 0) is 4.79 Å². The molecule has 1 N–H and O–H groups in total. The summed E-state index contributed by atoms with van der Waals surface area (Å²) < 4.78 is 0. The highest BCUT2D eigenvalue weighted by Crippen LogP contribution is 2.53. The Balaban J connectivity index is 1.34. The van der Waals surface area contributed by atoms with Crippen molar-refractivity contribution in [2.75, 3.05) is 19.6 Å². The van der Waals surface area contributed by atoms with E-state index < -0.39 is 0 Å². The van der Waals surface area contributed by atoms with E-state index in [4.69, 9.17) is 0 Å². The smallest absolute Gasteiger partial charge is 0.253 e. The molecule has 5 heteroatoms. The van der Waals surface area contributed by atoms with Crippen LogP contribution in [-0.4, -0.2) is 41.3 Å². The molecule has 2 fully saturated rings. The molecule has 1 saturated carbocycles. The van der Waals surface area contributed by atoms with Crippen molar-refractivity contribution in [3.63, 3.8) is 0 Å². The minimum Gasteiger partial charge on any atom is -0.343 e. The molecule has 2 aromatic rings. The van der Waals surface area contributed by atoms with E-state index in [0.717, 1.165) is 36.8 Å². The molecule has 0 atom stereocenters. The number of nitrogens with zero attached hydrogens (tertiary/aromatic N) is 2. The van der Waals surface area contributed by atoms with Gasteiger partial charge >= 0.3 is 0 Å². The molecule has 1 spiro atoms. The van der Waals surface area contributed by atoms with Gasteiger partial charge in [-0.3, -0.25) is 14.6 Å². The highest BCUT2D eigenvalue weighted by molar-refractivity contribution is 5.98. The number of carbonyl (C=O) groups is 2. The standard InChI is InChI=1S/C19H21N3O2/c23-17(22-9-7-19(5-6-19)8-10-22)13-21-18(24)15-11-14-3-1-2-4-16(14)20-12-15/h1-4,11-12H,5-10,13H2,(H,21,24). The lowest BCUT2D eigenvalue weighted by molar-refractivity contribution is -0.131. The Bertz CT molecular complexity index is 788. The summed E-state index contributed by atoms with van der Waals surface area (Å²) >= 11 is 0. The van der Waals surface area contributed by atoms with Crippen molar-refractivity contribution in [2.45, 2.75) is 25.7 Å². The van der Waals surface area contributed by atoms with Crippen molar-refractivity contribution in [2.24, 2.45) is 5.41 Å². The maximum absolute atomic E-state index is 12.3. The quantitative estimate of drug-likeness (QED) is 0.943. The SMILES string of the molecule is O=C(NCC(=O)N1CCC2(CC1)CC2)c1cnc2ccccc2c1. The fourth-order valence-electron chi connectivity index (χ4n) is 3.47. The summed E-state index contributed by atoms with van der Waals surface area (Å²) in [7, 11) is 0. The molecule has 1 aromatic heterocycles. The Labute approximate surface area is 141 Å². The van der Waals surface area contributed by atoms with Crippen molar-refractivity contribution in [3.8, 4) is 0 Å². The fraction of sp³-hybridized carbons (Fsp3) is 0.421. The van der Waals surface area contributed by atoms with Crippen molar-refractivity contribution < 1.29 is 9.59 Å². The van der Waals surface area contributed by atoms with Gasteiger partial charge in [0.1, 0.15) is 0 Å². The normalized spacial score (nSPS) is 18.6. The second-order valence-electron chi connectivity index (χ2n) is 6.98. The molecule has 1 aromatic carbocycles. The number of benzene rings is 1. The molecule has 1 aliphatic heterocycles. The van der Waals surface area contributed by atoms with Crippen LogP contribution in [0.25, 0.3) is 10.9 Å². The second-order valence-corrected chi connectivity index (χ2v) is 6.98. The molecule has 1 aliphatic carbocycles. The molecular formula is C19H21N3O2. The zero-order valence-corrected chi connectivity index (χ0v) is 13.6. The number of carbonyl (C=O) groups excluding carboxylic acids is 2. The fourth-order valence-corrected chi connectivity index (χ4v) is 3.47. The third-order valence-electron chi connectivity index (χ3n) is 5.39. The minimum atomic E-state index is -0.253. The zero-order chi connectivity index (χ0) is 16.6. The summed E-state index contributed by atoms with van der Waals surface area (Å²) in [6, 6.07) is 9.46. The lowest BCUT2D eigenvalue weighted by atomic mass is 9.94. The molecule has 0 radical (unpaired) electrons. The third-order valence-corrected chi connectivity index (χ3v) is 5.39. The van der Waals surface area contributed by atoms with E-state index in [9.17, 15) is 9.59 Å². The van der Waals surface area contributed by atoms with Crippen molar-refractivity contribution in [1.82, 2.24) is 15.2 Å². The average Bonchev–Trinajstić information content (AvgIpc) is 3.38. The largest absolute Gasteiger partial charge is 0.343 e. The number of piperidine rings is 1. The van der Waals surface area contributed by atoms with E-state index in [1.54, 1.807) is 12.3 Å². The van der Waals surface area contributed by atoms with E-state index in [2.05, 4.69) is 10.3 Å². The summed E-state index contributed by atoms with van der Waals surface area (Å²) in [5.74, 6) is -0.245. The lowest BCUT2D eigenvalue weighted by Gasteiger charge is -2.32. The van der Waals surface area contributed by atoms with Gasteiger partial charge in [-0.05, 0) is 43.2 Å². The summed E-state index contributed by atoms with van der Waals surface area (Å²) in [4.78, 5) is 30.7. The Morgan fingerprint density at radius 3 is 2.62 bits per heavy atom. The maximum Gasteiger partial charge on any atom is 0.253 e. The number of rotatable bonds is 3. The van der Waals surface area contributed by atoms with Crippen LogP contribution in [0.1, 0.15) is 36.0 Å². The van der Waals surface area contributed by atoms with Gasteiger partial charge in [-0.15, -0.1) is 0 Å². The molecule has 24 heavy (non-hydrogen) atoms. The highest BCUT2D eigenvalue weighted by atomic mass is 16.2. The number of hydrogen-bond acceptors (Lipinski definition) is 3. The number of fused-ring (bicyclic) bond motifs is 1. The van der Waals surface area contributed by atoms with Crippen LogP contribution in [0.4, 0.5) is 0 Å². The summed E-state index contributed by atoms with van der Waals surface area (Å²) in [6.45, 7) is 1.71. The lowest BCUT2D eigenvalue weighted by Crippen LogP contribution is -2.44. The molecule has 4 rings (SSSR count). The molecule has 5 nitrogen and oxygen atoms in total. The molecule has 0 bridgehead atoms. The third kappa shape index (κ3) is 2.98. The number of para-hydroxylation sites is 1. The predicted molar refractivity (Wildman–Crippen MR) is 91.6 cm³/mol. The topological polar surface area (TPSA) is 62.3 Å². The summed E-state index contributed by atoms with van der Waals surface area (Å²) in [5.41, 5.74) is 1.89. The number of pyridine rings is 1. The van der Waals surface area contributed by atoms with Gasteiger partial charge in [0.05, 0.1) is 17.6 Å². The number of likely N-dealkylation sites (tertiary alicyclic amines) is 1. The van der Waals surface area contributed by atoms with Gasteiger partial charge in [0.25, 0.3) is 5.91 Å².